The highest BCUT2D eigenvalue weighted by Gasteiger charge is 2.34. The highest BCUT2D eigenvalue weighted by Crippen LogP contribution is 2.32. The quantitative estimate of drug-likeness (QED) is 0.236. The lowest BCUT2D eigenvalue weighted by Crippen LogP contribution is -2.32. The van der Waals surface area contributed by atoms with Gasteiger partial charge in [0.2, 0.25) is 0 Å². The van der Waals surface area contributed by atoms with Gasteiger partial charge >= 0.3 is 0 Å². The van der Waals surface area contributed by atoms with Gasteiger partial charge in [0.15, 0.2) is 6.61 Å². The normalized spacial score (nSPS) is 14.2. The third-order valence-corrected chi connectivity index (χ3v) is 7.32. The Kier molecular flexibility index (Phi) is 8.17. The maximum Gasteiger partial charge on any atom is 0.293 e. The molecule has 1 saturated heterocycles. The second-order valence-corrected chi connectivity index (χ2v) is 10.4. The number of carbonyl (C=O) groups is 3. The molecule has 0 bridgehead atoms. The summed E-state index contributed by atoms with van der Waals surface area (Å²) in [7, 11) is 0. The molecule has 0 atom stereocenters. The van der Waals surface area contributed by atoms with Crippen LogP contribution in [0.5, 0.6) is 11.5 Å². The number of fused-ring (bicyclic) bond motifs is 1. The van der Waals surface area contributed by atoms with E-state index in [4.69, 9.17) is 9.47 Å². The van der Waals surface area contributed by atoms with Gasteiger partial charge in [-0.2, -0.15) is 0 Å². The van der Waals surface area contributed by atoms with E-state index in [0.717, 1.165) is 44.9 Å². The Labute approximate surface area is 236 Å². The fraction of sp³-hybridized carbons (Fsp3) is 0.156. The van der Waals surface area contributed by atoms with Crippen LogP contribution in [-0.2, 0) is 9.59 Å². The number of rotatable bonds is 9. The first-order chi connectivity index (χ1) is 19.4. The molecule has 1 fully saturated rings. The van der Waals surface area contributed by atoms with E-state index >= 15 is 0 Å². The molecule has 0 unspecified atom stereocenters. The number of ether oxygens (including phenoxy) is 2. The number of anilines is 1. The van der Waals surface area contributed by atoms with Crippen LogP contribution in [0.3, 0.4) is 0 Å². The number of nitrogens with zero attached hydrogens (tertiary/aromatic N) is 1. The van der Waals surface area contributed by atoms with E-state index in [1.165, 1.54) is 4.90 Å². The summed E-state index contributed by atoms with van der Waals surface area (Å²) in [5.74, 6) is 0.633. The summed E-state index contributed by atoms with van der Waals surface area (Å²) < 4.78 is 11.5. The molecule has 5 rings (SSSR count). The van der Waals surface area contributed by atoms with Crippen molar-refractivity contribution in [2.24, 2.45) is 0 Å². The summed E-state index contributed by atoms with van der Waals surface area (Å²) >= 11 is 0.906. The zero-order chi connectivity index (χ0) is 28.1. The van der Waals surface area contributed by atoms with Gasteiger partial charge in [-0.1, -0.05) is 60.7 Å². The molecule has 0 aliphatic carbocycles. The average molecular weight is 553 g/mol. The van der Waals surface area contributed by atoms with Crippen LogP contribution in [0.4, 0.5) is 10.5 Å². The fourth-order valence-electron chi connectivity index (χ4n) is 4.28. The zero-order valence-corrected chi connectivity index (χ0v) is 23.0. The van der Waals surface area contributed by atoms with Gasteiger partial charge in [0.05, 0.1) is 11.4 Å². The summed E-state index contributed by atoms with van der Waals surface area (Å²) in [5, 5.41) is 4.58. The first-order valence-electron chi connectivity index (χ1n) is 12.8. The standard InChI is InChI=1S/C32H28N2O5S/c1-21-10-11-22(2)27(18-21)33-30(35)20-39-25-14-12-23(13-15-25)19-29-31(36)34(32(37)40-29)16-17-38-28-9-5-7-24-6-3-4-8-26(24)28/h3-15,18-19H,16-17,20H2,1-2H3,(H,33,35)/b29-19-. The monoisotopic (exact) mass is 552 g/mol. The Bertz CT molecular complexity index is 1610. The minimum atomic E-state index is -0.347. The smallest absolute Gasteiger partial charge is 0.293 e. The van der Waals surface area contributed by atoms with Crippen LogP contribution in [0, 0.1) is 13.8 Å². The van der Waals surface area contributed by atoms with E-state index in [1.807, 2.05) is 74.5 Å². The molecule has 3 amide bonds. The van der Waals surface area contributed by atoms with Crippen LogP contribution >= 0.6 is 11.8 Å². The van der Waals surface area contributed by atoms with Crippen LogP contribution in [0.15, 0.2) is 89.8 Å². The minimum Gasteiger partial charge on any atom is -0.491 e. The largest absolute Gasteiger partial charge is 0.491 e. The van der Waals surface area contributed by atoms with E-state index in [1.54, 1.807) is 30.3 Å². The number of hydrogen-bond donors (Lipinski definition) is 1. The lowest BCUT2D eigenvalue weighted by atomic mass is 10.1. The Morgan fingerprint density at radius 2 is 1.70 bits per heavy atom. The van der Waals surface area contributed by atoms with Crippen molar-refractivity contribution in [3.63, 3.8) is 0 Å². The van der Waals surface area contributed by atoms with Crippen molar-refractivity contribution >= 4 is 51.4 Å². The summed E-state index contributed by atoms with van der Waals surface area (Å²) in [6.07, 6.45) is 1.67. The number of hydrogen-bond acceptors (Lipinski definition) is 6. The number of benzene rings is 4. The predicted molar refractivity (Wildman–Crippen MR) is 159 cm³/mol. The Hall–Kier alpha value is -4.56. The van der Waals surface area contributed by atoms with Gasteiger partial charge in [0.1, 0.15) is 18.1 Å². The Morgan fingerprint density at radius 1 is 0.925 bits per heavy atom. The van der Waals surface area contributed by atoms with E-state index in [9.17, 15) is 14.4 Å². The molecule has 40 heavy (non-hydrogen) atoms. The molecule has 0 radical (unpaired) electrons. The van der Waals surface area contributed by atoms with Crippen LogP contribution < -0.4 is 14.8 Å². The fourth-order valence-corrected chi connectivity index (χ4v) is 5.14. The number of nitrogens with one attached hydrogen (secondary N) is 1. The summed E-state index contributed by atoms with van der Waals surface area (Å²) in [6.45, 7) is 4.12. The summed E-state index contributed by atoms with van der Waals surface area (Å²) in [6, 6.07) is 26.5. The maximum absolute atomic E-state index is 12.9. The van der Waals surface area contributed by atoms with Gasteiger partial charge in [-0.3, -0.25) is 19.3 Å². The molecular weight excluding hydrogens is 524 g/mol. The molecule has 0 saturated carbocycles. The molecule has 202 valence electrons. The summed E-state index contributed by atoms with van der Waals surface area (Å²) in [4.78, 5) is 39.3. The molecule has 4 aromatic carbocycles. The minimum absolute atomic E-state index is 0.132. The second-order valence-electron chi connectivity index (χ2n) is 9.38. The van der Waals surface area contributed by atoms with Gasteiger partial charge in [-0.15, -0.1) is 0 Å². The van der Waals surface area contributed by atoms with Crippen LogP contribution in [-0.4, -0.2) is 41.7 Å². The van der Waals surface area contributed by atoms with Gasteiger partial charge in [-0.25, -0.2) is 0 Å². The van der Waals surface area contributed by atoms with Gasteiger partial charge in [0, 0.05) is 11.1 Å². The molecule has 8 heteroatoms. The van der Waals surface area contributed by atoms with Crippen molar-refractivity contribution in [1.29, 1.82) is 0 Å². The second kappa shape index (κ2) is 12.1. The average Bonchev–Trinajstić information content (AvgIpc) is 3.22. The highest BCUT2D eigenvalue weighted by molar-refractivity contribution is 8.18. The molecule has 7 nitrogen and oxygen atoms in total. The lowest BCUT2D eigenvalue weighted by molar-refractivity contribution is -0.123. The van der Waals surface area contributed by atoms with Crippen molar-refractivity contribution in [1.82, 2.24) is 4.90 Å². The molecule has 0 aromatic heterocycles. The summed E-state index contributed by atoms with van der Waals surface area (Å²) in [5.41, 5.74) is 3.54. The Balaban J connectivity index is 1.14. The molecule has 1 N–H and O–H groups in total. The molecule has 4 aromatic rings. The van der Waals surface area contributed by atoms with Crippen LogP contribution in [0.2, 0.25) is 0 Å². The number of carbonyl (C=O) groups excluding carboxylic acids is 3. The first-order valence-corrected chi connectivity index (χ1v) is 13.6. The maximum atomic E-state index is 12.9. The lowest BCUT2D eigenvalue weighted by Gasteiger charge is -2.14. The third kappa shape index (κ3) is 6.35. The first kappa shape index (κ1) is 27.0. The molecule has 1 aliphatic heterocycles. The van der Waals surface area contributed by atoms with Crippen molar-refractivity contribution in [2.75, 3.05) is 25.1 Å². The van der Waals surface area contributed by atoms with E-state index in [0.29, 0.717) is 16.4 Å². The van der Waals surface area contributed by atoms with E-state index in [-0.39, 0.29) is 36.8 Å². The molecular formula is C32H28N2O5S. The van der Waals surface area contributed by atoms with E-state index in [2.05, 4.69) is 5.32 Å². The Morgan fingerprint density at radius 3 is 2.52 bits per heavy atom. The zero-order valence-electron chi connectivity index (χ0n) is 22.2. The molecule has 0 spiro atoms. The third-order valence-electron chi connectivity index (χ3n) is 6.41. The SMILES string of the molecule is Cc1ccc(C)c(NC(=O)COc2ccc(/C=C3\SC(=O)N(CCOc4cccc5ccccc45)C3=O)cc2)c1. The van der Waals surface area contributed by atoms with E-state index < -0.39 is 0 Å². The topological polar surface area (TPSA) is 84.9 Å². The highest BCUT2D eigenvalue weighted by atomic mass is 32.2. The number of imide groups is 1. The van der Waals surface area contributed by atoms with Crippen molar-refractivity contribution in [3.8, 4) is 11.5 Å². The van der Waals surface area contributed by atoms with Crippen molar-refractivity contribution in [3.05, 3.63) is 107 Å². The predicted octanol–water partition coefficient (Wildman–Crippen LogP) is 6.59. The van der Waals surface area contributed by atoms with Crippen LogP contribution in [0.1, 0.15) is 16.7 Å². The molecule has 1 aliphatic rings. The van der Waals surface area contributed by atoms with Gasteiger partial charge < -0.3 is 14.8 Å². The number of thioether (sulfide) groups is 1. The van der Waals surface area contributed by atoms with Gasteiger partial charge in [-0.05, 0) is 78.0 Å². The molecule has 1 heterocycles. The van der Waals surface area contributed by atoms with Crippen LogP contribution in [0.25, 0.3) is 16.8 Å². The van der Waals surface area contributed by atoms with Crippen molar-refractivity contribution < 1.29 is 23.9 Å². The number of aryl methyl sites for hydroxylation is 2. The number of amides is 3. The van der Waals surface area contributed by atoms with Crippen molar-refractivity contribution in [2.45, 2.75) is 13.8 Å². The van der Waals surface area contributed by atoms with Gasteiger partial charge in [0.25, 0.3) is 17.1 Å².